The van der Waals surface area contributed by atoms with Crippen LogP contribution in [0.2, 0.25) is 0 Å². The Morgan fingerprint density at radius 1 is 1.08 bits per heavy atom. The maximum Gasteiger partial charge on any atom is 0.248 e. The molecule has 1 unspecified atom stereocenters. The minimum absolute atomic E-state index is 0.0741. The number of benzene rings is 2. The van der Waals surface area contributed by atoms with Gasteiger partial charge in [0.2, 0.25) is 11.8 Å². The van der Waals surface area contributed by atoms with E-state index in [1.54, 1.807) is 17.1 Å². The summed E-state index contributed by atoms with van der Waals surface area (Å²) in [5, 5.41) is 6.31. The van der Waals surface area contributed by atoms with Gasteiger partial charge in [-0.1, -0.05) is 30.3 Å². The summed E-state index contributed by atoms with van der Waals surface area (Å²) in [5.41, 5.74) is 1.12. The van der Waals surface area contributed by atoms with Crippen LogP contribution in [0.25, 0.3) is 0 Å². The largest absolute Gasteiger partial charge is 0.335 e. The van der Waals surface area contributed by atoms with E-state index in [2.05, 4.69) is 15.6 Å². The van der Waals surface area contributed by atoms with E-state index in [9.17, 15) is 18.4 Å². The van der Waals surface area contributed by atoms with Crippen LogP contribution in [0.1, 0.15) is 62.3 Å². The van der Waals surface area contributed by atoms with Crippen LogP contribution in [0.15, 0.2) is 55.0 Å². The molecule has 2 aliphatic heterocycles. The summed E-state index contributed by atoms with van der Waals surface area (Å²) in [6.45, 7) is 3.75. The van der Waals surface area contributed by atoms with Gasteiger partial charge >= 0.3 is 0 Å². The number of halogens is 2. The van der Waals surface area contributed by atoms with Gasteiger partial charge in [-0.15, -0.1) is 0 Å². The van der Waals surface area contributed by atoms with E-state index in [0.717, 1.165) is 30.9 Å². The maximum atomic E-state index is 14.5. The predicted octanol–water partition coefficient (Wildman–Crippen LogP) is 4.49. The lowest BCUT2D eigenvalue weighted by Crippen LogP contribution is -2.58. The first-order valence-electron chi connectivity index (χ1n) is 13.7. The van der Waals surface area contributed by atoms with Gasteiger partial charge in [0.1, 0.15) is 23.2 Å². The first-order chi connectivity index (χ1) is 18.7. The van der Waals surface area contributed by atoms with Crippen molar-refractivity contribution < 1.29 is 18.4 Å². The van der Waals surface area contributed by atoms with Crippen molar-refractivity contribution in [3.63, 3.8) is 0 Å². The lowest BCUT2D eigenvalue weighted by atomic mass is 9.87. The number of aromatic nitrogens is 2. The molecule has 2 N–H and O–H groups in total. The van der Waals surface area contributed by atoms with Gasteiger partial charge in [-0.05, 0) is 75.1 Å². The smallest absolute Gasteiger partial charge is 0.248 e. The third-order valence-electron chi connectivity index (χ3n) is 8.66. The summed E-state index contributed by atoms with van der Waals surface area (Å²) >= 11 is 0. The molecule has 9 heteroatoms. The van der Waals surface area contributed by atoms with Crippen molar-refractivity contribution in [3.05, 3.63) is 83.3 Å². The Kier molecular flexibility index (Phi) is 6.49. The zero-order valence-electron chi connectivity index (χ0n) is 22.2. The number of carbonyl (C=O) groups is 2. The van der Waals surface area contributed by atoms with Crippen LogP contribution in [0.3, 0.4) is 0 Å². The second-order valence-corrected chi connectivity index (χ2v) is 11.5. The second-order valence-electron chi connectivity index (χ2n) is 11.5. The Morgan fingerprint density at radius 2 is 1.82 bits per heavy atom. The Balaban J connectivity index is 1.18. The standard InChI is InChI=1S/C30H33F2N5O2/c1-30(2,29(39)37-22-10-11-23(37)15-22)36-16-26(33-17-36)35-28(38)27(18-6-4-3-5-7-18)34-21-9-8-19-12-20(31)13-25(32)24(19)14-21/h3-7,12-13,16-17,21-23,27,34H,8-11,14-15H2,1-2H3,(H,35,38)/t21?,22-,23+,27-/m0/s1. The first kappa shape index (κ1) is 25.7. The quantitative estimate of drug-likeness (QED) is 0.469. The summed E-state index contributed by atoms with van der Waals surface area (Å²) in [7, 11) is 0. The summed E-state index contributed by atoms with van der Waals surface area (Å²) in [6.07, 6.45) is 8.05. The van der Waals surface area contributed by atoms with Gasteiger partial charge in [-0.25, -0.2) is 13.8 Å². The van der Waals surface area contributed by atoms with Crippen LogP contribution in [0.4, 0.5) is 14.6 Å². The molecule has 2 aliphatic carbocycles. The lowest BCUT2D eigenvalue weighted by molar-refractivity contribution is -0.148. The van der Waals surface area contributed by atoms with Gasteiger partial charge in [-0.3, -0.25) is 14.9 Å². The predicted molar refractivity (Wildman–Crippen MR) is 143 cm³/mol. The molecule has 0 radical (unpaired) electrons. The Morgan fingerprint density at radius 3 is 2.54 bits per heavy atom. The SMILES string of the molecule is CC(C)(C(=O)N1[C@@H]2CC[C@H]1C2)n1cnc(NC(=O)[C@@H](NC2CCc3cc(F)cc(F)c3C2)c2ccccc2)c1. The second kappa shape index (κ2) is 9.86. The Hall–Kier alpha value is -3.59. The maximum absolute atomic E-state index is 14.5. The van der Waals surface area contributed by atoms with E-state index in [4.69, 9.17) is 0 Å². The number of aryl methyl sites for hydroxylation is 1. The van der Waals surface area contributed by atoms with E-state index in [-0.39, 0.29) is 17.9 Å². The summed E-state index contributed by atoms with van der Waals surface area (Å²) in [5.74, 6) is -0.996. The zero-order valence-corrected chi connectivity index (χ0v) is 22.2. The normalized spacial score (nSPS) is 22.7. The molecule has 1 aromatic heterocycles. The summed E-state index contributed by atoms with van der Waals surface area (Å²) in [6, 6.07) is 11.5. The molecule has 2 aromatic carbocycles. The molecule has 2 saturated heterocycles. The minimum Gasteiger partial charge on any atom is -0.335 e. The number of anilines is 1. The van der Waals surface area contributed by atoms with E-state index in [0.29, 0.717) is 48.3 Å². The van der Waals surface area contributed by atoms with Crippen molar-refractivity contribution in [2.24, 2.45) is 0 Å². The monoisotopic (exact) mass is 533 g/mol. The number of nitrogens with zero attached hydrogens (tertiary/aromatic N) is 3. The van der Waals surface area contributed by atoms with E-state index < -0.39 is 23.2 Å². The molecule has 0 spiro atoms. The molecule has 4 aliphatic rings. The molecule has 7 nitrogen and oxygen atoms in total. The number of amides is 2. The number of hydrogen-bond acceptors (Lipinski definition) is 4. The van der Waals surface area contributed by atoms with Gasteiger partial charge in [0.15, 0.2) is 5.82 Å². The van der Waals surface area contributed by atoms with Gasteiger partial charge in [-0.2, -0.15) is 0 Å². The molecule has 3 aromatic rings. The number of rotatable bonds is 7. The highest BCUT2D eigenvalue weighted by molar-refractivity contribution is 5.95. The van der Waals surface area contributed by atoms with E-state index >= 15 is 0 Å². The van der Waals surface area contributed by atoms with Gasteiger partial charge in [0, 0.05) is 30.4 Å². The zero-order chi connectivity index (χ0) is 27.3. The molecule has 2 bridgehead atoms. The number of hydrogen-bond donors (Lipinski definition) is 2. The molecule has 3 heterocycles. The van der Waals surface area contributed by atoms with Gasteiger partial charge in [0.25, 0.3) is 0 Å². The first-order valence-corrected chi connectivity index (χ1v) is 13.7. The average molecular weight is 534 g/mol. The van der Waals surface area contributed by atoms with E-state index in [1.807, 2.05) is 49.1 Å². The van der Waals surface area contributed by atoms with E-state index in [1.165, 1.54) is 6.07 Å². The van der Waals surface area contributed by atoms with Gasteiger partial charge in [0.05, 0.1) is 6.33 Å². The highest BCUT2D eigenvalue weighted by atomic mass is 19.1. The molecule has 7 rings (SSSR count). The van der Waals surface area contributed by atoms with Crippen molar-refractivity contribution in [1.29, 1.82) is 0 Å². The molecule has 2 amide bonds. The van der Waals surface area contributed by atoms with Crippen LogP contribution in [-0.4, -0.2) is 44.4 Å². The molecule has 204 valence electrons. The van der Waals surface area contributed by atoms with Gasteiger partial charge < -0.3 is 14.8 Å². The van der Waals surface area contributed by atoms with Crippen molar-refractivity contribution in [1.82, 2.24) is 19.8 Å². The molecule has 3 fully saturated rings. The molecule has 4 atom stereocenters. The van der Waals surface area contributed by atoms with Crippen molar-refractivity contribution in [2.75, 3.05) is 5.32 Å². The average Bonchev–Trinajstić information content (AvgIpc) is 3.67. The van der Waals surface area contributed by atoms with Crippen LogP contribution in [0, 0.1) is 11.6 Å². The van der Waals surface area contributed by atoms with Crippen molar-refractivity contribution in [3.8, 4) is 0 Å². The van der Waals surface area contributed by atoms with Crippen LogP contribution < -0.4 is 10.6 Å². The third kappa shape index (κ3) is 4.73. The van der Waals surface area contributed by atoms with Crippen LogP contribution >= 0.6 is 0 Å². The summed E-state index contributed by atoms with van der Waals surface area (Å²) < 4.78 is 29.9. The minimum atomic E-state index is -0.826. The number of imidazole rings is 1. The highest BCUT2D eigenvalue weighted by Gasteiger charge is 2.51. The molecule has 39 heavy (non-hydrogen) atoms. The molecular weight excluding hydrogens is 500 g/mol. The van der Waals surface area contributed by atoms with Crippen molar-refractivity contribution in [2.45, 2.75) is 82.1 Å². The highest BCUT2D eigenvalue weighted by Crippen LogP contribution is 2.42. The van der Waals surface area contributed by atoms with Crippen LogP contribution in [0.5, 0.6) is 0 Å². The number of nitrogens with one attached hydrogen (secondary N) is 2. The Bertz CT molecular complexity index is 1390. The molecule has 1 saturated carbocycles. The number of carbonyl (C=O) groups excluding carboxylic acids is 2. The van der Waals surface area contributed by atoms with Crippen molar-refractivity contribution >= 4 is 17.6 Å². The third-order valence-corrected chi connectivity index (χ3v) is 8.66. The fourth-order valence-corrected chi connectivity index (χ4v) is 6.38. The summed E-state index contributed by atoms with van der Waals surface area (Å²) in [4.78, 5) is 33.3. The fourth-order valence-electron chi connectivity index (χ4n) is 6.38. The number of fused-ring (bicyclic) bond motifs is 2. The topological polar surface area (TPSA) is 79.3 Å². The molecular formula is C30H33F2N5O2. The van der Waals surface area contributed by atoms with Crippen LogP contribution in [-0.2, 0) is 28.0 Å². The fraction of sp³-hybridized carbons (Fsp3) is 0.433. The Labute approximate surface area is 226 Å². The lowest BCUT2D eigenvalue weighted by Gasteiger charge is -2.44.